The Kier molecular flexibility index (Phi) is 5.03. The van der Waals surface area contributed by atoms with E-state index < -0.39 is 0 Å². The third-order valence-corrected chi connectivity index (χ3v) is 7.17. The predicted octanol–water partition coefficient (Wildman–Crippen LogP) is 7.53. The van der Waals surface area contributed by atoms with Gasteiger partial charge in [-0.15, -0.1) is 0 Å². The fraction of sp³-hybridized carbons (Fsp3) is 0. The van der Waals surface area contributed by atoms with Crippen LogP contribution in [0.5, 0.6) is 0 Å². The zero-order chi connectivity index (χ0) is 26.5. The van der Waals surface area contributed by atoms with E-state index >= 15 is 0 Å². The van der Waals surface area contributed by atoms with Crippen LogP contribution in [0.4, 0.5) is 0 Å². The topological polar surface area (TPSA) is 77.3 Å². The van der Waals surface area contributed by atoms with Crippen LogP contribution in [0.25, 0.3) is 78.8 Å². The van der Waals surface area contributed by atoms with Gasteiger partial charge in [0.05, 0.1) is 28.2 Å². The van der Waals surface area contributed by atoms with E-state index in [1.807, 2.05) is 97.1 Å². The molecule has 0 fully saturated rings. The van der Waals surface area contributed by atoms with E-state index in [0.717, 1.165) is 61.5 Å². The van der Waals surface area contributed by atoms with Crippen LogP contribution in [0.1, 0.15) is 0 Å². The molecule has 0 unspecified atom stereocenters. The SMILES string of the molecule is c1ccc(-c2cc(-c3nc4c5c(nc(-c6ccnc(-c7ccccc7)c6)nc5n3)-c3ccccc3-4)ccn2)cc1. The standard InChI is InChI=1S/C34H20N6/c1-3-9-21(10-4-1)27-19-23(15-17-35-27)32-37-30-25-13-7-8-14-26(25)31-29(30)34(39-32)40-33(38-31)24-16-18-36-28(20-24)22-11-5-2-6-12-22/h1-20H. The predicted molar refractivity (Wildman–Crippen MR) is 157 cm³/mol. The van der Waals surface area contributed by atoms with Gasteiger partial charge in [0.2, 0.25) is 0 Å². The molecule has 3 aromatic carbocycles. The first-order valence-corrected chi connectivity index (χ1v) is 13.0. The largest absolute Gasteiger partial charge is 0.256 e. The third-order valence-electron chi connectivity index (χ3n) is 7.17. The van der Waals surface area contributed by atoms with Gasteiger partial charge in [0, 0.05) is 45.8 Å². The summed E-state index contributed by atoms with van der Waals surface area (Å²) in [6.07, 6.45) is 3.61. The molecular formula is C34H20N6. The molecule has 0 saturated carbocycles. The monoisotopic (exact) mass is 512 g/mol. The second kappa shape index (κ2) is 8.99. The second-order valence-corrected chi connectivity index (χ2v) is 9.63. The summed E-state index contributed by atoms with van der Waals surface area (Å²) in [4.78, 5) is 29.2. The van der Waals surface area contributed by atoms with Crippen molar-refractivity contribution in [3.05, 3.63) is 122 Å². The molecule has 0 atom stereocenters. The molecule has 8 rings (SSSR count). The lowest BCUT2D eigenvalue weighted by atomic mass is 10.1. The molecule has 0 bridgehead atoms. The lowest BCUT2D eigenvalue weighted by Crippen LogP contribution is -1.99. The van der Waals surface area contributed by atoms with E-state index in [4.69, 9.17) is 19.9 Å². The molecule has 1 aliphatic carbocycles. The molecule has 0 spiro atoms. The maximum Gasteiger partial charge on any atom is 0.168 e. The molecule has 0 amide bonds. The Morgan fingerprint density at radius 2 is 0.850 bits per heavy atom. The molecule has 6 nitrogen and oxygen atoms in total. The summed E-state index contributed by atoms with van der Waals surface area (Å²) in [6.45, 7) is 0. The highest BCUT2D eigenvalue weighted by Crippen LogP contribution is 2.45. The molecule has 7 aromatic rings. The van der Waals surface area contributed by atoms with Crippen LogP contribution in [0.3, 0.4) is 0 Å². The Morgan fingerprint density at radius 3 is 1.32 bits per heavy atom. The van der Waals surface area contributed by atoms with Crippen LogP contribution >= 0.6 is 0 Å². The van der Waals surface area contributed by atoms with Gasteiger partial charge in [0.15, 0.2) is 17.3 Å². The lowest BCUT2D eigenvalue weighted by Gasteiger charge is -2.09. The van der Waals surface area contributed by atoms with Crippen molar-refractivity contribution in [2.75, 3.05) is 0 Å². The van der Waals surface area contributed by atoms with E-state index in [2.05, 4.69) is 22.1 Å². The molecule has 40 heavy (non-hydrogen) atoms. The quantitative estimate of drug-likeness (QED) is 0.243. The summed E-state index contributed by atoms with van der Waals surface area (Å²) in [5.74, 6) is 1.21. The van der Waals surface area contributed by atoms with E-state index in [1.165, 1.54) is 0 Å². The van der Waals surface area contributed by atoms with Gasteiger partial charge in [-0.2, -0.15) is 0 Å². The summed E-state index contributed by atoms with van der Waals surface area (Å²) >= 11 is 0. The number of aromatic nitrogens is 6. The molecule has 0 N–H and O–H groups in total. The van der Waals surface area contributed by atoms with Crippen LogP contribution in [-0.2, 0) is 0 Å². The first kappa shape index (κ1) is 22.4. The van der Waals surface area contributed by atoms with Crippen molar-refractivity contribution in [3.63, 3.8) is 0 Å². The van der Waals surface area contributed by atoms with E-state index in [1.54, 1.807) is 12.4 Å². The van der Waals surface area contributed by atoms with Gasteiger partial charge in [-0.3, -0.25) is 9.97 Å². The van der Waals surface area contributed by atoms with E-state index in [0.29, 0.717) is 17.3 Å². The molecule has 6 heteroatoms. The zero-order valence-electron chi connectivity index (χ0n) is 21.2. The highest BCUT2D eigenvalue weighted by atomic mass is 15.0. The summed E-state index contributed by atoms with van der Waals surface area (Å²) in [5.41, 5.74) is 9.99. The van der Waals surface area contributed by atoms with Gasteiger partial charge in [-0.25, -0.2) is 19.9 Å². The summed E-state index contributed by atoms with van der Waals surface area (Å²) in [7, 11) is 0. The third kappa shape index (κ3) is 3.66. The highest BCUT2D eigenvalue weighted by Gasteiger charge is 2.27. The fourth-order valence-corrected chi connectivity index (χ4v) is 5.25. The molecule has 0 saturated heterocycles. The maximum absolute atomic E-state index is 5.05. The molecule has 4 aromatic heterocycles. The van der Waals surface area contributed by atoms with Crippen LogP contribution in [-0.4, -0.2) is 29.9 Å². The minimum Gasteiger partial charge on any atom is -0.256 e. The van der Waals surface area contributed by atoms with Gasteiger partial charge in [-0.05, 0) is 24.3 Å². The van der Waals surface area contributed by atoms with Gasteiger partial charge < -0.3 is 0 Å². The van der Waals surface area contributed by atoms with Crippen LogP contribution < -0.4 is 0 Å². The van der Waals surface area contributed by atoms with Crippen molar-refractivity contribution in [1.82, 2.24) is 29.9 Å². The first-order valence-electron chi connectivity index (χ1n) is 13.0. The van der Waals surface area contributed by atoms with Crippen LogP contribution in [0.2, 0.25) is 0 Å². The average Bonchev–Trinajstić information content (AvgIpc) is 3.36. The van der Waals surface area contributed by atoms with Crippen molar-refractivity contribution in [1.29, 1.82) is 0 Å². The first-order chi connectivity index (χ1) is 19.8. The van der Waals surface area contributed by atoms with Crippen molar-refractivity contribution >= 4 is 11.0 Å². The number of hydrogen-bond acceptors (Lipinski definition) is 6. The molecule has 186 valence electrons. The Hall–Kier alpha value is -5.62. The van der Waals surface area contributed by atoms with Gasteiger partial charge in [0.25, 0.3) is 0 Å². The molecule has 0 radical (unpaired) electrons. The number of rotatable bonds is 4. The van der Waals surface area contributed by atoms with Crippen LogP contribution in [0, 0.1) is 0 Å². The Morgan fingerprint density at radius 1 is 0.400 bits per heavy atom. The fourth-order valence-electron chi connectivity index (χ4n) is 5.25. The Labute approximate surface area is 230 Å². The van der Waals surface area contributed by atoms with Crippen molar-refractivity contribution in [2.45, 2.75) is 0 Å². The number of hydrogen-bond donors (Lipinski definition) is 0. The van der Waals surface area contributed by atoms with Crippen molar-refractivity contribution in [2.24, 2.45) is 0 Å². The minimum absolute atomic E-state index is 0.606. The Balaban J connectivity index is 1.33. The summed E-state index contributed by atoms with van der Waals surface area (Å²) in [5, 5.41) is 0.878. The normalized spacial score (nSPS) is 11.5. The number of benzene rings is 3. The number of nitrogens with zero attached hydrogens (tertiary/aromatic N) is 6. The lowest BCUT2D eigenvalue weighted by molar-refractivity contribution is 1.16. The van der Waals surface area contributed by atoms with Crippen LogP contribution in [0.15, 0.2) is 122 Å². The van der Waals surface area contributed by atoms with Gasteiger partial charge >= 0.3 is 0 Å². The molecule has 1 aliphatic rings. The van der Waals surface area contributed by atoms with Gasteiger partial charge in [0.1, 0.15) is 0 Å². The number of fused-ring (bicyclic) bond motifs is 3. The number of pyridine rings is 2. The van der Waals surface area contributed by atoms with Gasteiger partial charge in [-0.1, -0.05) is 84.9 Å². The smallest absolute Gasteiger partial charge is 0.168 e. The molecule has 0 aliphatic heterocycles. The van der Waals surface area contributed by atoms with E-state index in [9.17, 15) is 0 Å². The summed E-state index contributed by atoms with van der Waals surface area (Å²) in [6, 6.07) is 36.4. The zero-order valence-corrected chi connectivity index (χ0v) is 21.2. The Bertz CT molecular complexity index is 1910. The molecular weight excluding hydrogens is 492 g/mol. The van der Waals surface area contributed by atoms with Crippen molar-refractivity contribution < 1.29 is 0 Å². The summed E-state index contributed by atoms with van der Waals surface area (Å²) < 4.78 is 0. The second-order valence-electron chi connectivity index (χ2n) is 9.63. The minimum atomic E-state index is 0.606. The average molecular weight is 513 g/mol. The highest BCUT2D eigenvalue weighted by molar-refractivity contribution is 6.11. The van der Waals surface area contributed by atoms with E-state index in [-0.39, 0.29) is 0 Å². The van der Waals surface area contributed by atoms with Crippen molar-refractivity contribution in [3.8, 4) is 67.8 Å². The molecule has 4 heterocycles. The maximum atomic E-state index is 5.05.